The molecule has 0 fully saturated rings. The molecule has 5 heteroatoms. The lowest BCUT2D eigenvalue weighted by atomic mass is 10.2. The first-order valence-electron chi connectivity index (χ1n) is 7.17. The Bertz CT molecular complexity index is 566. The summed E-state index contributed by atoms with van der Waals surface area (Å²) in [6.45, 7) is 4.16. The summed E-state index contributed by atoms with van der Waals surface area (Å²) in [5, 5.41) is 8.97. The fraction of sp³-hybridized carbons (Fsp3) is 0.375. The summed E-state index contributed by atoms with van der Waals surface area (Å²) in [6.07, 6.45) is 4.63. The van der Waals surface area contributed by atoms with Crippen molar-refractivity contribution in [3.8, 4) is 0 Å². The Kier molecular flexibility index (Phi) is 5.51. The SMILES string of the molecule is CCCN(CC(=O)O)Cc1nccn1Cc1ccccc1. The maximum absolute atomic E-state index is 10.9. The first-order valence-corrected chi connectivity index (χ1v) is 7.17. The number of rotatable bonds is 8. The van der Waals surface area contributed by atoms with Gasteiger partial charge in [0.1, 0.15) is 5.82 Å². The van der Waals surface area contributed by atoms with Gasteiger partial charge in [0.2, 0.25) is 0 Å². The maximum atomic E-state index is 10.9. The summed E-state index contributed by atoms with van der Waals surface area (Å²) in [5.41, 5.74) is 1.21. The highest BCUT2D eigenvalue weighted by molar-refractivity contribution is 5.69. The quantitative estimate of drug-likeness (QED) is 0.809. The van der Waals surface area contributed by atoms with Crippen molar-refractivity contribution in [2.24, 2.45) is 0 Å². The lowest BCUT2D eigenvalue weighted by molar-refractivity contribution is -0.138. The third-order valence-electron chi connectivity index (χ3n) is 3.26. The van der Waals surface area contributed by atoms with E-state index in [0.29, 0.717) is 6.54 Å². The lowest BCUT2D eigenvalue weighted by Gasteiger charge is -2.19. The summed E-state index contributed by atoms with van der Waals surface area (Å²) in [7, 11) is 0. The van der Waals surface area contributed by atoms with E-state index in [-0.39, 0.29) is 6.54 Å². The normalized spacial score (nSPS) is 11.0. The van der Waals surface area contributed by atoms with Crippen LogP contribution < -0.4 is 0 Å². The fourth-order valence-electron chi connectivity index (χ4n) is 2.34. The van der Waals surface area contributed by atoms with Crippen molar-refractivity contribution < 1.29 is 9.90 Å². The van der Waals surface area contributed by atoms with Crippen molar-refractivity contribution in [2.75, 3.05) is 13.1 Å². The van der Waals surface area contributed by atoms with E-state index in [2.05, 4.69) is 21.7 Å². The molecule has 21 heavy (non-hydrogen) atoms. The van der Waals surface area contributed by atoms with E-state index in [1.807, 2.05) is 36.2 Å². The first kappa shape index (κ1) is 15.3. The molecule has 0 aliphatic rings. The van der Waals surface area contributed by atoms with Crippen LogP contribution in [0.5, 0.6) is 0 Å². The number of carbonyl (C=O) groups is 1. The molecule has 0 aliphatic carbocycles. The van der Waals surface area contributed by atoms with Crippen LogP contribution in [0.2, 0.25) is 0 Å². The predicted octanol–water partition coefficient (Wildman–Crippen LogP) is 2.23. The van der Waals surface area contributed by atoms with Crippen LogP contribution in [0.1, 0.15) is 24.7 Å². The molecule has 0 unspecified atom stereocenters. The molecule has 0 spiro atoms. The first-order chi connectivity index (χ1) is 10.2. The molecule has 0 saturated heterocycles. The number of aromatic nitrogens is 2. The van der Waals surface area contributed by atoms with Gasteiger partial charge in [0, 0.05) is 18.9 Å². The Hall–Kier alpha value is -2.14. The van der Waals surface area contributed by atoms with Crippen molar-refractivity contribution in [1.82, 2.24) is 14.5 Å². The Labute approximate surface area is 124 Å². The molecule has 5 nitrogen and oxygen atoms in total. The van der Waals surface area contributed by atoms with Crippen LogP contribution in [0, 0.1) is 0 Å². The number of nitrogens with zero attached hydrogens (tertiary/aromatic N) is 3. The molecular weight excluding hydrogens is 266 g/mol. The van der Waals surface area contributed by atoms with E-state index in [1.165, 1.54) is 5.56 Å². The summed E-state index contributed by atoms with van der Waals surface area (Å²) < 4.78 is 2.07. The Balaban J connectivity index is 2.06. The molecule has 0 radical (unpaired) electrons. The number of carboxylic acid groups (broad SMARTS) is 1. The molecule has 0 atom stereocenters. The topological polar surface area (TPSA) is 58.4 Å². The highest BCUT2D eigenvalue weighted by Crippen LogP contribution is 2.08. The van der Waals surface area contributed by atoms with E-state index in [4.69, 9.17) is 5.11 Å². The van der Waals surface area contributed by atoms with Gasteiger partial charge in [-0.2, -0.15) is 0 Å². The number of imidazole rings is 1. The third kappa shape index (κ3) is 4.72. The standard InChI is InChI=1S/C16H21N3O2/c1-2-9-18(13-16(20)21)12-15-17-8-10-19(15)11-14-6-4-3-5-7-14/h3-8,10H,2,9,11-13H2,1H3,(H,20,21). The minimum Gasteiger partial charge on any atom is -0.480 e. The van der Waals surface area contributed by atoms with Gasteiger partial charge in [-0.05, 0) is 18.5 Å². The molecule has 1 aromatic carbocycles. The van der Waals surface area contributed by atoms with E-state index in [9.17, 15) is 4.79 Å². The number of hydrogen-bond donors (Lipinski definition) is 1. The average Bonchev–Trinajstić information content (AvgIpc) is 2.87. The van der Waals surface area contributed by atoms with E-state index in [0.717, 1.165) is 25.3 Å². The van der Waals surface area contributed by atoms with E-state index < -0.39 is 5.97 Å². The largest absolute Gasteiger partial charge is 0.480 e. The van der Waals surface area contributed by atoms with Gasteiger partial charge >= 0.3 is 5.97 Å². The summed E-state index contributed by atoms with van der Waals surface area (Å²) in [5.74, 6) is 0.0955. The number of carboxylic acids is 1. The smallest absolute Gasteiger partial charge is 0.317 e. The zero-order valence-corrected chi connectivity index (χ0v) is 12.3. The van der Waals surface area contributed by atoms with E-state index >= 15 is 0 Å². The van der Waals surface area contributed by atoms with Gasteiger partial charge < -0.3 is 9.67 Å². The van der Waals surface area contributed by atoms with Crippen LogP contribution in [0.3, 0.4) is 0 Å². The molecule has 1 heterocycles. The molecule has 0 saturated carbocycles. The predicted molar refractivity (Wildman–Crippen MR) is 81.0 cm³/mol. The second-order valence-electron chi connectivity index (χ2n) is 5.06. The minimum absolute atomic E-state index is 0.0477. The molecule has 112 valence electrons. The Morgan fingerprint density at radius 3 is 2.76 bits per heavy atom. The van der Waals surface area contributed by atoms with Crippen molar-refractivity contribution in [3.63, 3.8) is 0 Å². The van der Waals surface area contributed by atoms with Crippen molar-refractivity contribution in [1.29, 1.82) is 0 Å². The molecule has 1 aromatic heterocycles. The molecule has 2 aromatic rings. The van der Waals surface area contributed by atoms with Gasteiger partial charge in [-0.25, -0.2) is 4.98 Å². The monoisotopic (exact) mass is 287 g/mol. The van der Waals surface area contributed by atoms with Crippen LogP contribution in [-0.4, -0.2) is 38.6 Å². The second-order valence-corrected chi connectivity index (χ2v) is 5.06. The number of benzene rings is 1. The highest BCUT2D eigenvalue weighted by Gasteiger charge is 2.12. The average molecular weight is 287 g/mol. The van der Waals surface area contributed by atoms with Gasteiger partial charge in [-0.15, -0.1) is 0 Å². The van der Waals surface area contributed by atoms with Crippen LogP contribution in [-0.2, 0) is 17.9 Å². The molecule has 0 amide bonds. The zero-order chi connectivity index (χ0) is 15.1. The molecule has 1 N–H and O–H groups in total. The van der Waals surface area contributed by atoms with Crippen LogP contribution in [0.4, 0.5) is 0 Å². The molecule has 2 rings (SSSR count). The van der Waals surface area contributed by atoms with Crippen LogP contribution in [0.25, 0.3) is 0 Å². The van der Waals surface area contributed by atoms with Crippen molar-refractivity contribution >= 4 is 5.97 Å². The van der Waals surface area contributed by atoms with Crippen LogP contribution >= 0.6 is 0 Å². The molecule has 0 bridgehead atoms. The van der Waals surface area contributed by atoms with Crippen molar-refractivity contribution in [2.45, 2.75) is 26.4 Å². The summed E-state index contributed by atoms with van der Waals surface area (Å²) in [6, 6.07) is 10.2. The molecular formula is C16H21N3O2. The Morgan fingerprint density at radius 1 is 1.33 bits per heavy atom. The highest BCUT2D eigenvalue weighted by atomic mass is 16.4. The van der Waals surface area contributed by atoms with Crippen molar-refractivity contribution in [3.05, 3.63) is 54.1 Å². The minimum atomic E-state index is -0.801. The summed E-state index contributed by atoms with van der Waals surface area (Å²) in [4.78, 5) is 17.2. The van der Waals surface area contributed by atoms with E-state index in [1.54, 1.807) is 6.20 Å². The zero-order valence-electron chi connectivity index (χ0n) is 12.3. The van der Waals surface area contributed by atoms with Gasteiger partial charge in [-0.1, -0.05) is 37.3 Å². The van der Waals surface area contributed by atoms with Crippen LogP contribution in [0.15, 0.2) is 42.7 Å². The van der Waals surface area contributed by atoms with Gasteiger partial charge in [0.25, 0.3) is 0 Å². The maximum Gasteiger partial charge on any atom is 0.317 e. The fourth-order valence-corrected chi connectivity index (χ4v) is 2.34. The summed E-state index contributed by atoms with van der Waals surface area (Å²) >= 11 is 0. The lowest BCUT2D eigenvalue weighted by Crippen LogP contribution is -2.31. The number of hydrogen-bond acceptors (Lipinski definition) is 3. The van der Waals surface area contributed by atoms with Gasteiger partial charge in [-0.3, -0.25) is 9.69 Å². The second kappa shape index (κ2) is 7.59. The van der Waals surface area contributed by atoms with Gasteiger partial charge in [0.15, 0.2) is 0 Å². The Morgan fingerprint density at radius 2 is 2.10 bits per heavy atom. The number of aliphatic carboxylic acids is 1. The third-order valence-corrected chi connectivity index (χ3v) is 3.26. The molecule has 0 aliphatic heterocycles. The van der Waals surface area contributed by atoms with Gasteiger partial charge in [0.05, 0.1) is 13.1 Å².